The zero-order chi connectivity index (χ0) is 38.9. The van der Waals surface area contributed by atoms with E-state index >= 15 is 8.78 Å². The summed E-state index contributed by atoms with van der Waals surface area (Å²) in [5.74, 6) is -2.11. The number of esters is 1. The summed E-state index contributed by atoms with van der Waals surface area (Å²) in [6.07, 6.45) is 5.08. The van der Waals surface area contributed by atoms with Crippen molar-refractivity contribution in [3.05, 3.63) is 95.9 Å². The SMILES string of the molecule is CCc1cc(Nc2cc(=O)n(CCCCN3CCN(c4c(F)cc5c(=O)c(C(=O)OCC[N+](C)(C)C)cn(C6CC6)c5c4F)CC3C)c(=O)[nH]2)ccc1C. The van der Waals surface area contributed by atoms with Crippen LogP contribution in [0.2, 0.25) is 0 Å². The number of benzene rings is 2. The Kier molecular flexibility index (Phi) is 11.4. The van der Waals surface area contributed by atoms with Gasteiger partial charge in [-0.3, -0.25) is 24.0 Å². The number of aryl methyl sites for hydroxylation is 2. The molecule has 1 saturated heterocycles. The summed E-state index contributed by atoms with van der Waals surface area (Å²) in [4.78, 5) is 58.8. The number of aromatic nitrogens is 3. The van der Waals surface area contributed by atoms with Gasteiger partial charge in [0.25, 0.3) is 5.56 Å². The molecule has 0 spiro atoms. The molecule has 2 aliphatic rings. The van der Waals surface area contributed by atoms with E-state index in [0.717, 1.165) is 31.0 Å². The number of anilines is 3. The highest BCUT2D eigenvalue weighted by molar-refractivity contribution is 5.95. The van der Waals surface area contributed by atoms with E-state index in [-0.39, 0.29) is 52.9 Å². The van der Waals surface area contributed by atoms with Crippen molar-refractivity contribution in [1.82, 2.24) is 19.0 Å². The molecule has 2 fully saturated rings. The van der Waals surface area contributed by atoms with Gasteiger partial charge in [0.1, 0.15) is 36.0 Å². The Labute approximate surface area is 313 Å². The molecule has 54 heavy (non-hydrogen) atoms. The standard InChI is InChI=1S/C40H51F2N7O5/c1-7-27-20-28(11-10-25(27)2)43-33-22-34(50)47(40(53)44-33)15-9-8-14-45-16-17-46(23-26(45)3)37-32(41)21-30-36(35(37)42)48(29-12-13-29)24-31(38(30)51)39(52)54-19-18-49(4,5)6/h10-11,20-22,24,26,29H,7-9,12-19,23H2,1-6H3,(H-,43,44,50,53)/p+1. The number of quaternary nitrogens is 1. The number of likely N-dealkylation sites (N-methyl/N-ethyl adjacent to an activating group) is 1. The lowest BCUT2D eigenvalue weighted by molar-refractivity contribution is -0.870. The van der Waals surface area contributed by atoms with Gasteiger partial charge in [0.15, 0.2) is 5.82 Å². The van der Waals surface area contributed by atoms with E-state index in [1.165, 1.54) is 28.0 Å². The number of unbranched alkanes of at least 4 members (excludes halogenated alkanes) is 1. The van der Waals surface area contributed by atoms with E-state index in [4.69, 9.17) is 4.74 Å². The number of halogens is 2. The van der Waals surface area contributed by atoms with E-state index in [2.05, 4.69) is 22.1 Å². The lowest BCUT2D eigenvalue weighted by Gasteiger charge is -2.41. The molecule has 0 radical (unpaired) electrons. The summed E-state index contributed by atoms with van der Waals surface area (Å²) in [7, 11) is 5.87. The fourth-order valence-electron chi connectivity index (χ4n) is 7.20. The van der Waals surface area contributed by atoms with E-state index in [1.807, 2.05) is 53.2 Å². The van der Waals surface area contributed by atoms with Gasteiger partial charge in [0, 0.05) is 56.2 Å². The summed E-state index contributed by atoms with van der Waals surface area (Å²) in [5.41, 5.74) is 1.15. The molecule has 0 amide bonds. The third-order valence-electron chi connectivity index (χ3n) is 10.5. The normalized spacial score (nSPS) is 16.6. The molecule has 2 N–H and O–H groups in total. The van der Waals surface area contributed by atoms with Crippen molar-refractivity contribution in [2.24, 2.45) is 0 Å². The van der Waals surface area contributed by atoms with Gasteiger partial charge < -0.3 is 24.0 Å². The van der Waals surface area contributed by atoms with E-state index in [1.54, 1.807) is 9.47 Å². The van der Waals surface area contributed by atoms with Crippen molar-refractivity contribution in [3.63, 3.8) is 0 Å². The highest BCUT2D eigenvalue weighted by atomic mass is 19.1. The molecule has 1 saturated carbocycles. The molecule has 6 rings (SSSR count). The number of piperazine rings is 1. The van der Waals surface area contributed by atoms with E-state index < -0.39 is 28.7 Å². The number of nitrogens with zero attached hydrogens (tertiary/aromatic N) is 5. The van der Waals surface area contributed by atoms with Crippen LogP contribution in [0.3, 0.4) is 0 Å². The van der Waals surface area contributed by atoms with Crippen LogP contribution in [0.25, 0.3) is 10.9 Å². The zero-order valence-electron chi connectivity index (χ0n) is 32.1. The Bertz CT molecular complexity index is 2190. The first-order chi connectivity index (χ1) is 25.6. The number of fused-ring (bicyclic) bond motifs is 1. The largest absolute Gasteiger partial charge is 0.456 e. The molecule has 2 aromatic heterocycles. The Morgan fingerprint density at radius 2 is 1.78 bits per heavy atom. The first-order valence-electron chi connectivity index (χ1n) is 18.9. The highest BCUT2D eigenvalue weighted by Gasteiger charge is 2.33. The van der Waals surface area contributed by atoms with Gasteiger partial charge in [-0.2, -0.15) is 0 Å². The van der Waals surface area contributed by atoms with Gasteiger partial charge in [0.05, 0.1) is 32.0 Å². The lowest BCUT2D eigenvalue weighted by atomic mass is 10.1. The van der Waals surface area contributed by atoms with Gasteiger partial charge in [-0.1, -0.05) is 13.0 Å². The number of aromatic amines is 1. The molecule has 1 aliphatic carbocycles. The number of pyridine rings is 1. The number of hydrogen-bond donors (Lipinski definition) is 2. The van der Waals surface area contributed by atoms with Crippen LogP contribution >= 0.6 is 0 Å². The van der Waals surface area contributed by atoms with Crippen molar-refractivity contribution >= 4 is 34.1 Å². The average molecular weight is 749 g/mol. The first-order valence-corrected chi connectivity index (χ1v) is 18.9. The maximum atomic E-state index is 16.5. The number of ether oxygens (including phenoxy) is 1. The van der Waals surface area contributed by atoms with Crippen LogP contribution in [0.4, 0.5) is 26.0 Å². The molecule has 1 unspecified atom stereocenters. The Balaban J connectivity index is 1.09. The van der Waals surface area contributed by atoms with Gasteiger partial charge >= 0.3 is 11.7 Å². The van der Waals surface area contributed by atoms with Crippen LogP contribution in [0.1, 0.15) is 67.1 Å². The second-order valence-corrected chi connectivity index (χ2v) is 15.7. The second-order valence-electron chi connectivity index (χ2n) is 15.7. The molecule has 4 aromatic rings. The number of carbonyl (C=O) groups is 1. The van der Waals surface area contributed by atoms with E-state index in [9.17, 15) is 19.2 Å². The topological polar surface area (TPSA) is 122 Å². The maximum absolute atomic E-state index is 16.5. The minimum atomic E-state index is -0.850. The predicted octanol–water partition coefficient (Wildman–Crippen LogP) is 4.93. The third kappa shape index (κ3) is 8.60. The summed E-state index contributed by atoms with van der Waals surface area (Å²) in [6.45, 7) is 8.99. The van der Waals surface area contributed by atoms with Gasteiger partial charge in [-0.15, -0.1) is 0 Å². The van der Waals surface area contributed by atoms with Crippen molar-refractivity contribution < 1.29 is 22.8 Å². The van der Waals surface area contributed by atoms with Crippen LogP contribution < -0.4 is 26.9 Å². The van der Waals surface area contributed by atoms with Crippen LogP contribution in [-0.4, -0.2) is 96.0 Å². The highest BCUT2D eigenvalue weighted by Crippen LogP contribution is 2.40. The van der Waals surface area contributed by atoms with Crippen LogP contribution in [-0.2, 0) is 17.7 Å². The average Bonchev–Trinajstić information content (AvgIpc) is 3.95. The molecule has 1 atom stereocenters. The number of nitrogens with one attached hydrogen (secondary N) is 2. The minimum Gasteiger partial charge on any atom is -0.456 e. The zero-order valence-corrected chi connectivity index (χ0v) is 32.1. The molecule has 0 bridgehead atoms. The quantitative estimate of drug-likeness (QED) is 0.106. The number of rotatable bonds is 14. The molecule has 14 heteroatoms. The third-order valence-corrected chi connectivity index (χ3v) is 10.5. The van der Waals surface area contributed by atoms with Crippen molar-refractivity contribution in [1.29, 1.82) is 0 Å². The van der Waals surface area contributed by atoms with Crippen molar-refractivity contribution in [3.8, 4) is 0 Å². The molecule has 1 aliphatic heterocycles. The summed E-state index contributed by atoms with van der Waals surface area (Å²) >= 11 is 0. The van der Waals surface area contributed by atoms with Crippen LogP contribution in [0, 0.1) is 18.6 Å². The summed E-state index contributed by atoms with van der Waals surface area (Å²) in [6, 6.07) is 8.23. The first kappa shape index (κ1) is 38.9. The fourth-order valence-corrected chi connectivity index (χ4v) is 7.20. The molecular weight excluding hydrogens is 696 g/mol. The van der Waals surface area contributed by atoms with E-state index in [0.29, 0.717) is 55.9 Å². The summed E-state index contributed by atoms with van der Waals surface area (Å²) in [5, 5.41) is 2.96. The predicted molar refractivity (Wildman–Crippen MR) is 207 cm³/mol. The summed E-state index contributed by atoms with van der Waals surface area (Å²) < 4.78 is 41.0. The van der Waals surface area contributed by atoms with Gasteiger partial charge in [-0.25, -0.2) is 18.4 Å². The number of carbonyl (C=O) groups excluding carboxylic acids is 1. The molecule has 3 heterocycles. The van der Waals surface area contributed by atoms with Crippen LogP contribution in [0.15, 0.2) is 50.9 Å². The fraction of sp³-hybridized carbons (Fsp3) is 0.500. The van der Waals surface area contributed by atoms with Crippen molar-refractivity contribution in [2.45, 2.75) is 71.5 Å². The number of H-pyrrole nitrogens is 1. The Morgan fingerprint density at radius 1 is 1.04 bits per heavy atom. The van der Waals surface area contributed by atoms with Crippen LogP contribution in [0.5, 0.6) is 0 Å². The molecule has 290 valence electrons. The van der Waals surface area contributed by atoms with Crippen molar-refractivity contribution in [2.75, 3.05) is 70.7 Å². The Morgan fingerprint density at radius 3 is 2.44 bits per heavy atom. The molecule has 12 nitrogen and oxygen atoms in total. The number of hydrogen-bond acceptors (Lipinski definition) is 8. The lowest BCUT2D eigenvalue weighted by Crippen LogP contribution is -2.52. The smallest absolute Gasteiger partial charge is 0.343 e. The minimum absolute atomic E-state index is 0.00622. The molecular formula is C40H52F2N7O5+. The second kappa shape index (κ2) is 15.9. The van der Waals surface area contributed by atoms with Gasteiger partial charge in [0.2, 0.25) is 5.43 Å². The maximum Gasteiger partial charge on any atom is 0.343 e. The molecule has 2 aromatic carbocycles. The monoisotopic (exact) mass is 748 g/mol. The Hall–Kier alpha value is -4.82. The van der Waals surface area contributed by atoms with Gasteiger partial charge in [-0.05, 0) is 81.8 Å².